The summed E-state index contributed by atoms with van der Waals surface area (Å²) in [4.78, 5) is 12.9. The Morgan fingerprint density at radius 1 is 1.07 bits per heavy atom. The van der Waals surface area contributed by atoms with Crippen LogP contribution >= 0.6 is 0 Å². The summed E-state index contributed by atoms with van der Waals surface area (Å²) >= 11 is 0. The maximum atomic E-state index is 12.9. The molecule has 0 atom stereocenters. The fourth-order valence-electron chi connectivity index (χ4n) is 5.32. The summed E-state index contributed by atoms with van der Waals surface area (Å²) in [5, 5.41) is 8.14. The summed E-state index contributed by atoms with van der Waals surface area (Å²) in [7, 11) is 0. The minimum atomic E-state index is 0. The Bertz CT molecular complexity index is 1040. The number of amides is 1. The Morgan fingerprint density at radius 3 is 2.57 bits per heavy atom. The molecule has 2 fully saturated rings. The second-order valence-corrected chi connectivity index (χ2v) is 8.62. The fourth-order valence-corrected chi connectivity index (χ4v) is 5.32. The summed E-state index contributed by atoms with van der Waals surface area (Å²) in [6.07, 6.45) is 14.1. The van der Waals surface area contributed by atoms with E-state index in [4.69, 9.17) is 5.10 Å². The first-order valence-electron chi connectivity index (χ1n) is 10.8. The van der Waals surface area contributed by atoms with Gasteiger partial charge in [0.05, 0.1) is 5.52 Å². The van der Waals surface area contributed by atoms with Crippen molar-refractivity contribution in [3.8, 4) is 11.3 Å². The average molecular weight is 400 g/mol. The van der Waals surface area contributed by atoms with Gasteiger partial charge < -0.3 is 5.32 Å². The number of nitrogens with one attached hydrogen (secondary N) is 1. The van der Waals surface area contributed by atoms with Crippen molar-refractivity contribution in [2.75, 3.05) is 0 Å². The molecule has 2 aliphatic carbocycles. The van der Waals surface area contributed by atoms with E-state index in [1.54, 1.807) is 6.08 Å². The highest BCUT2D eigenvalue weighted by Gasteiger charge is 2.39. The summed E-state index contributed by atoms with van der Waals surface area (Å²) in [5.74, 6) is 0.813. The number of aromatic nitrogens is 2. The molecule has 154 valence electrons. The summed E-state index contributed by atoms with van der Waals surface area (Å²) in [6.45, 7) is 0. The highest BCUT2D eigenvalue weighted by atomic mass is 16.1. The standard InChI is InChI=1S/C25H27N3O.CH2/c29-23(26-25-15-6-8-19(18-25)9-7-16-25)14-13-21-22-12-4-5-17-28(22)27-24(21)20-10-2-1-3-11-20;/h1-5,10-14,17,19H,6-9,15-16,18H2,(H,26,29);1H2. The lowest BCUT2D eigenvalue weighted by Gasteiger charge is -2.45. The lowest BCUT2D eigenvalue weighted by molar-refractivity contribution is -0.119. The third-order valence-electron chi connectivity index (χ3n) is 6.63. The third kappa shape index (κ3) is 3.91. The number of hydrogen-bond donors (Lipinski definition) is 1. The first-order chi connectivity index (χ1) is 14.2. The number of rotatable bonds is 4. The van der Waals surface area contributed by atoms with Crippen molar-refractivity contribution in [2.45, 2.75) is 50.5 Å². The number of benzene rings is 1. The molecule has 4 nitrogen and oxygen atoms in total. The lowest BCUT2D eigenvalue weighted by Crippen LogP contribution is -2.52. The lowest BCUT2D eigenvalue weighted by atomic mass is 9.67. The van der Waals surface area contributed by atoms with Crippen molar-refractivity contribution in [3.05, 3.63) is 73.8 Å². The maximum absolute atomic E-state index is 12.9. The predicted octanol–water partition coefficient (Wildman–Crippen LogP) is 5.57. The van der Waals surface area contributed by atoms with Gasteiger partial charge in [0.2, 0.25) is 5.91 Å². The zero-order chi connectivity index (χ0) is 19.7. The van der Waals surface area contributed by atoms with Crippen LogP contribution in [0.2, 0.25) is 0 Å². The van der Waals surface area contributed by atoms with Crippen LogP contribution in [0.3, 0.4) is 0 Å². The van der Waals surface area contributed by atoms with Gasteiger partial charge in [-0.15, -0.1) is 0 Å². The molecule has 2 saturated carbocycles. The quantitative estimate of drug-likeness (QED) is 0.583. The van der Waals surface area contributed by atoms with Gasteiger partial charge in [-0.3, -0.25) is 4.79 Å². The van der Waals surface area contributed by atoms with E-state index < -0.39 is 0 Å². The predicted molar refractivity (Wildman–Crippen MR) is 122 cm³/mol. The number of fused-ring (bicyclic) bond motifs is 3. The highest BCUT2D eigenvalue weighted by Crippen LogP contribution is 2.42. The third-order valence-corrected chi connectivity index (χ3v) is 6.63. The van der Waals surface area contributed by atoms with E-state index in [-0.39, 0.29) is 18.9 Å². The van der Waals surface area contributed by atoms with Crippen LogP contribution in [-0.2, 0) is 4.79 Å². The van der Waals surface area contributed by atoms with Crippen molar-refractivity contribution in [3.63, 3.8) is 0 Å². The number of nitrogens with zero attached hydrogens (tertiary/aromatic N) is 2. The zero-order valence-corrected chi connectivity index (χ0v) is 17.4. The van der Waals surface area contributed by atoms with Gasteiger partial charge in [0, 0.05) is 28.9 Å². The molecule has 2 heterocycles. The minimum absolute atomic E-state index is 0. The Kier molecular flexibility index (Phi) is 5.76. The highest BCUT2D eigenvalue weighted by molar-refractivity contribution is 5.95. The van der Waals surface area contributed by atoms with E-state index in [2.05, 4.69) is 17.4 Å². The van der Waals surface area contributed by atoms with Crippen molar-refractivity contribution < 1.29 is 4.79 Å². The van der Waals surface area contributed by atoms with Crippen LogP contribution in [0, 0.1) is 13.3 Å². The Hall–Kier alpha value is -2.88. The molecule has 2 aromatic heterocycles. The molecule has 0 spiro atoms. The van der Waals surface area contributed by atoms with Crippen molar-refractivity contribution >= 4 is 17.5 Å². The van der Waals surface area contributed by atoms with E-state index >= 15 is 0 Å². The number of pyridine rings is 1. The van der Waals surface area contributed by atoms with Crippen molar-refractivity contribution in [1.29, 1.82) is 0 Å². The molecule has 1 N–H and O–H groups in total. The van der Waals surface area contributed by atoms with Crippen LogP contribution < -0.4 is 5.32 Å². The molecule has 5 rings (SSSR count). The van der Waals surface area contributed by atoms with Gasteiger partial charge in [0.1, 0.15) is 5.69 Å². The second-order valence-electron chi connectivity index (χ2n) is 8.62. The smallest absolute Gasteiger partial charge is 0.244 e. The van der Waals surface area contributed by atoms with Gasteiger partial charge in [0.15, 0.2) is 0 Å². The molecule has 3 aromatic rings. The Balaban J connectivity index is 0.00000218. The molecule has 2 aliphatic rings. The molecule has 0 aliphatic heterocycles. The number of hydrogen-bond acceptors (Lipinski definition) is 2. The van der Waals surface area contributed by atoms with Gasteiger partial charge in [-0.05, 0) is 43.4 Å². The topological polar surface area (TPSA) is 46.4 Å². The summed E-state index contributed by atoms with van der Waals surface area (Å²) in [6, 6.07) is 16.2. The fraction of sp³-hybridized carbons (Fsp3) is 0.346. The second kappa shape index (κ2) is 8.47. The molecular weight excluding hydrogens is 370 g/mol. The van der Waals surface area contributed by atoms with Gasteiger partial charge in [-0.2, -0.15) is 5.10 Å². The number of carbonyl (C=O) groups excluding carboxylic acids is 1. The molecule has 1 aromatic carbocycles. The van der Waals surface area contributed by atoms with Crippen molar-refractivity contribution in [1.82, 2.24) is 14.9 Å². The monoisotopic (exact) mass is 399 g/mol. The van der Waals surface area contributed by atoms with Crippen molar-refractivity contribution in [2.24, 2.45) is 5.92 Å². The molecule has 4 heteroatoms. The van der Waals surface area contributed by atoms with E-state index in [1.807, 2.05) is 53.2 Å². The summed E-state index contributed by atoms with van der Waals surface area (Å²) in [5.41, 5.74) is 3.96. The van der Waals surface area contributed by atoms with E-state index in [0.29, 0.717) is 0 Å². The van der Waals surface area contributed by atoms with E-state index in [9.17, 15) is 4.79 Å². The molecule has 0 unspecified atom stereocenters. The summed E-state index contributed by atoms with van der Waals surface area (Å²) < 4.78 is 1.88. The van der Waals surface area contributed by atoms with E-state index in [0.717, 1.165) is 47.5 Å². The SMILES string of the molecule is O=C(C=Cc1c(-c2ccccc2)nn2ccccc12)NC12CCCC(CCC1)C2.[CH2]. The maximum Gasteiger partial charge on any atom is 0.244 e. The Morgan fingerprint density at radius 2 is 1.80 bits per heavy atom. The van der Waals surface area contributed by atoms with Crippen LogP contribution in [0.15, 0.2) is 60.8 Å². The minimum Gasteiger partial charge on any atom is -0.347 e. The average Bonchev–Trinajstić information content (AvgIpc) is 3.11. The van der Waals surface area contributed by atoms with Gasteiger partial charge in [0.25, 0.3) is 0 Å². The molecule has 2 radical (unpaired) electrons. The van der Waals surface area contributed by atoms with E-state index in [1.165, 1.54) is 25.7 Å². The number of carbonyl (C=O) groups is 1. The zero-order valence-electron chi connectivity index (χ0n) is 17.4. The van der Waals surface area contributed by atoms with Crippen LogP contribution in [0.5, 0.6) is 0 Å². The normalized spacial score (nSPS) is 23.3. The molecular formula is C26H29N3O. The molecule has 1 amide bonds. The van der Waals surface area contributed by atoms with Crippen LogP contribution in [-0.4, -0.2) is 21.1 Å². The van der Waals surface area contributed by atoms with Crippen LogP contribution in [0.1, 0.15) is 50.5 Å². The first-order valence-corrected chi connectivity index (χ1v) is 10.8. The van der Waals surface area contributed by atoms with Gasteiger partial charge in [-0.25, -0.2) is 4.52 Å². The largest absolute Gasteiger partial charge is 0.347 e. The molecule has 0 saturated heterocycles. The first kappa shape index (κ1) is 20.4. The molecule has 30 heavy (non-hydrogen) atoms. The van der Waals surface area contributed by atoms with Gasteiger partial charge >= 0.3 is 0 Å². The molecule has 2 bridgehead atoms. The van der Waals surface area contributed by atoms with Crippen LogP contribution in [0.25, 0.3) is 22.9 Å². The van der Waals surface area contributed by atoms with Gasteiger partial charge in [-0.1, -0.05) is 69.5 Å². The Labute approximate surface area is 179 Å². The van der Waals surface area contributed by atoms with Crippen LogP contribution in [0.4, 0.5) is 0 Å².